The number of halogens is 1. The highest BCUT2D eigenvalue weighted by Crippen LogP contribution is 2.29. The van der Waals surface area contributed by atoms with Crippen LogP contribution in [0.5, 0.6) is 0 Å². The Morgan fingerprint density at radius 1 is 1.23 bits per heavy atom. The van der Waals surface area contributed by atoms with Crippen molar-refractivity contribution in [2.24, 2.45) is 5.18 Å². The van der Waals surface area contributed by atoms with Crippen LogP contribution in [-0.2, 0) is 4.79 Å². The number of nitrogens with zero attached hydrogens (tertiary/aromatic N) is 1. The second kappa shape index (κ2) is 6.93. The van der Waals surface area contributed by atoms with Crippen molar-refractivity contribution in [3.8, 4) is 11.1 Å². The van der Waals surface area contributed by atoms with E-state index in [1.807, 2.05) is 31.2 Å². The summed E-state index contributed by atoms with van der Waals surface area (Å²) in [7, 11) is 0. The maximum Gasteiger partial charge on any atom is 0.303 e. The molecule has 0 saturated heterocycles. The zero-order valence-corrected chi connectivity index (χ0v) is 12.1. The summed E-state index contributed by atoms with van der Waals surface area (Å²) in [5.41, 5.74) is 2.66. The molecule has 0 aliphatic carbocycles. The highest BCUT2D eigenvalue weighted by Gasteiger charge is 2.16. The van der Waals surface area contributed by atoms with E-state index in [2.05, 4.69) is 5.18 Å². The molecule has 0 fully saturated rings. The molecule has 1 N–H and O–H groups in total. The first-order chi connectivity index (χ1) is 10.5. The SMILES string of the molecule is Cc1ccc(-c2ccc(C(CCC(=O)O)N=O)cc2F)cc1. The Morgan fingerprint density at radius 3 is 2.45 bits per heavy atom. The summed E-state index contributed by atoms with van der Waals surface area (Å²) in [4.78, 5) is 21.4. The van der Waals surface area contributed by atoms with E-state index in [1.54, 1.807) is 12.1 Å². The molecule has 5 heteroatoms. The Morgan fingerprint density at radius 2 is 1.91 bits per heavy atom. The van der Waals surface area contributed by atoms with Crippen LogP contribution in [-0.4, -0.2) is 11.1 Å². The monoisotopic (exact) mass is 301 g/mol. The molecular formula is C17H16FNO3. The van der Waals surface area contributed by atoms with E-state index in [0.29, 0.717) is 11.1 Å². The highest BCUT2D eigenvalue weighted by atomic mass is 19.1. The van der Waals surface area contributed by atoms with Crippen molar-refractivity contribution in [2.45, 2.75) is 25.8 Å². The van der Waals surface area contributed by atoms with Crippen molar-refractivity contribution in [3.63, 3.8) is 0 Å². The number of carboxylic acids is 1. The lowest BCUT2D eigenvalue weighted by atomic mass is 9.97. The van der Waals surface area contributed by atoms with Gasteiger partial charge >= 0.3 is 5.97 Å². The molecule has 0 bridgehead atoms. The number of rotatable bonds is 6. The quantitative estimate of drug-likeness (QED) is 0.800. The molecule has 0 aliphatic rings. The third-order valence-corrected chi connectivity index (χ3v) is 3.50. The molecule has 2 aromatic rings. The van der Waals surface area contributed by atoms with Crippen LogP contribution in [0.4, 0.5) is 4.39 Å². The predicted octanol–water partition coefficient (Wildman–Crippen LogP) is 4.47. The Balaban J connectivity index is 2.26. The van der Waals surface area contributed by atoms with Crippen LogP contribution < -0.4 is 0 Å². The number of carboxylic acid groups (broad SMARTS) is 1. The summed E-state index contributed by atoms with van der Waals surface area (Å²) in [5, 5.41) is 11.6. The number of hydrogen-bond acceptors (Lipinski definition) is 3. The van der Waals surface area contributed by atoms with Gasteiger partial charge < -0.3 is 5.11 Å². The Labute approximate surface area is 127 Å². The number of hydrogen-bond donors (Lipinski definition) is 1. The van der Waals surface area contributed by atoms with E-state index < -0.39 is 17.8 Å². The van der Waals surface area contributed by atoms with E-state index in [1.165, 1.54) is 6.07 Å². The van der Waals surface area contributed by atoms with Crippen LogP contribution in [0, 0.1) is 17.6 Å². The molecular weight excluding hydrogens is 285 g/mol. The number of aryl methyl sites for hydroxylation is 1. The van der Waals surface area contributed by atoms with E-state index in [-0.39, 0.29) is 12.8 Å². The smallest absolute Gasteiger partial charge is 0.303 e. The first-order valence-electron chi connectivity index (χ1n) is 6.92. The average Bonchev–Trinajstić information content (AvgIpc) is 2.49. The summed E-state index contributed by atoms with van der Waals surface area (Å²) in [5.74, 6) is -1.46. The average molecular weight is 301 g/mol. The van der Waals surface area contributed by atoms with E-state index in [0.717, 1.165) is 11.1 Å². The van der Waals surface area contributed by atoms with Gasteiger partial charge in [-0.1, -0.05) is 47.1 Å². The zero-order chi connectivity index (χ0) is 16.1. The molecule has 0 aromatic heterocycles. The molecule has 0 saturated carbocycles. The fourth-order valence-electron chi connectivity index (χ4n) is 2.25. The fraction of sp³-hybridized carbons (Fsp3) is 0.235. The Kier molecular flexibility index (Phi) is 4.99. The van der Waals surface area contributed by atoms with E-state index in [4.69, 9.17) is 5.11 Å². The van der Waals surface area contributed by atoms with Crippen molar-refractivity contribution >= 4 is 5.97 Å². The number of aliphatic carboxylic acids is 1. The molecule has 0 radical (unpaired) electrons. The minimum atomic E-state index is -1.01. The van der Waals surface area contributed by atoms with Crippen molar-refractivity contribution in [2.75, 3.05) is 0 Å². The van der Waals surface area contributed by atoms with Gasteiger partial charge in [-0.2, -0.15) is 4.91 Å². The molecule has 0 amide bonds. The molecule has 2 aromatic carbocycles. The number of nitroso groups, excluding NO2 is 1. The van der Waals surface area contributed by atoms with Gasteiger partial charge in [-0.3, -0.25) is 4.79 Å². The lowest BCUT2D eigenvalue weighted by Crippen LogP contribution is -2.01. The molecule has 1 unspecified atom stereocenters. The first-order valence-corrected chi connectivity index (χ1v) is 6.92. The van der Waals surface area contributed by atoms with Gasteiger partial charge in [0.1, 0.15) is 11.9 Å². The fourth-order valence-corrected chi connectivity index (χ4v) is 2.25. The molecule has 1 atom stereocenters. The first kappa shape index (κ1) is 15.8. The standard InChI is InChI=1S/C17H16FNO3/c1-11-2-4-12(5-3-11)14-7-6-13(10-15(14)18)16(19-22)8-9-17(20)21/h2-7,10,16H,8-9H2,1H3,(H,20,21). The second-order valence-electron chi connectivity index (χ2n) is 5.16. The maximum atomic E-state index is 14.3. The van der Waals surface area contributed by atoms with Crippen LogP contribution in [0.1, 0.15) is 30.0 Å². The lowest BCUT2D eigenvalue weighted by Gasteiger charge is -2.11. The molecule has 0 heterocycles. The Bertz CT molecular complexity index is 683. The highest BCUT2D eigenvalue weighted by molar-refractivity contribution is 5.67. The summed E-state index contributed by atoms with van der Waals surface area (Å²) in [6, 6.07) is 11.1. The van der Waals surface area contributed by atoms with Gasteiger partial charge in [0, 0.05) is 12.0 Å². The minimum absolute atomic E-state index is 0.0577. The van der Waals surface area contributed by atoms with Crippen LogP contribution in [0.2, 0.25) is 0 Å². The second-order valence-corrected chi connectivity index (χ2v) is 5.16. The minimum Gasteiger partial charge on any atom is -0.481 e. The predicted molar refractivity (Wildman–Crippen MR) is 82.0 cm³/mol. The van der Waals surface area contributed by atoms with Gasteiger partial charge in [0.25, 0.3) is 0 Å². The van der Waals surface area contributed by atoms with Crippen molar-refractivity contribution in [1.29, 1.82) is 0 Å². The van der Waals surface area contributed by atoms with Gasteiger partial charge in [0.2, 0.25) is 0 Å². The zero-order valence-electron chi connectivity index (χ0n) is 12.1. The van der Waals surface area contributed by atoms with Crippen LogP contribution in [0.3, 0.4) is 0 Å². The molecule has 114 valence electrons. The van der Waals surface area contributed by atoms with Gasteiger partial charge in [-0.05, 0) is 30.5 Å². The molecule has 0 aliphatic heterocycles. The third kappa shape index (κ3) is 3.75. The molecule has 22 heavy (non-hydrogen) atoms. The lowest BCUT2D eigenvalue weighted by molar-refractivity contribution is -0.137. The van der Waals surface area contributed by atoms with E-state index in [9.17, 15) is 14.1 Å². The van der Waals surface area contributed by atoms with Gasteiger partial charge in [0.15, 0.2) is 0 Å². The largest absolute Gasteiger partial charge is 0.481 e. The molecule has 4 nitrogen and oxygen atoms in total. The van der Waals surface area contributed by atoms with Crippen molar-refractivity contribution in [1.82, 2.24) is 0 Å². The summed E-state index contributed by atoms with van der Waals surface area (Å²) in [6.45, 7) is 1.95. The Hall–Kier alpha value is -2.56. The van der Waals surface area contributed by atoms with Crippen LogP contribution in [0.15, 0.2) is 47.6 Å². The van der Waals surface area contributed by atoms with Crippen molar-refractivity contribution in [3.05, 3.63) is 64.3 Å². The van der Waals surface area contributed by atoms with E-state index >= 15 is 0 Å². The number of carbonyl (C=O) groups is 1. The normalized spacial score (nSPS) is 11.9. The van der Waals surface area contributed by atoms with Crippen LogP contribution >= 0.6 is 0 Å². The van der Waals surface area contributed by atoms with Gasteiger partial charge in [0.05, 0.1) is 0 Å². The topological polar surface area (TPSA) is 66.7 Å². The van der Waals surface area contributed by atoms with Gasteiger partial charge in [-0.15, -0.1) is 0 Å². The maximum absolute atomic E-state index is 14.3. The molecule has 0 spiro atoms. The molecule has 2 rings (SSSR count). The van der Waals surface area contributed by atoms with Gasteiger partial charge in [-0.25, -0.2) is 4.39 Å². The van der Waals surface area contributed by atoms with Crippen molar-refractivity contribution < 1.29 is 14.3 Å². The third-order valence-electron chi connectivity index (χ3n) is 3.50. The summed E-state index contributed by atoms with van der Waals surface area (Å²) in [6.07, 6.45) is -0.125. The number of benzene rings is 2. The summed E-state index contributed by atoms with van der Waals surface area (Å²) < 4.78 is 14.3. The van der Waals surface area contributed by atoms with Crippen LogP contribution in [0.25, 0.3) is 11.1 Å². The summed E-state index contributed by atoms with van der Waals surface area (Å²) >= 11 is 0.